The van der Waals surface area contributed by atoms with E-state index in [2.05, 4.69) is 5.10 Å². The van der Waals surface area contributed by atoms with Gasteiger partial charge >= 0.3 is 5.97 Å². The van der Waals surface area contributed by atoms with Crippen molar-refractivity contribution in [3.05, 3.63) is 65.5 Å². The highest BCUT2D eigenvalue weighted by Crippen LogP contribution is 2.52. The summed E-state index contributed by atoms with van der Waals surface area (Å²) in [6.07, 6.45) is 1.63. The number of hydrogen-bond acceptors (Lipinski definition) is 6. The van der Waals surface area contributed by atoms with E-state index in [1.54, 1.807) is 27.0 Å². The van der Waals surface area contributed by atoms with Gasteiger partial charge in [-0.05, 0) is 50.1 Å². The highest BCUT2D eigenvalue weighted by molar-refractivity contribution is 6.23. The molecule has 0 aromatic heterocycles. The van der Waals surface area contributed by atoms with E-state index in [-0.39, 0.29) is 5.69 Å². The molecule has 2 aromatic carbocycles. The van der Waals surface area contributed by atoms with Crippen LogP contribution in [-0.4, -0.2) is 40.7 Å². The third kappa shape index (κ3) is 3.01. The third-order valence-corrected chi connectivity index (χ3v) is 6.01. The first-order valence-electron chi connectivity index (χ1n) is 10.4. The van der Waals surface area contributed by atoms with Gasteiger partial charge in [-0.3, -0.25) is 14.6 Å². The molecule has 0 aliphatic carbocycles. The molecule has 0 spiro atoms. The van der Waals surface area contributed by atoms with Crippen molar-refractivity contribution in [1.29, 1.82) is 0 Å². The second kappa shape index (κ2) is 6.98. The first-order chi connectivity index (χ1) is 15.2. The molecule has 0 bridgehead atoms. The van der Waals surface area contributed by atoms with Crippen LogP contribution < -0.4 is 4.90 Å². The van der Waals surface area contributed by atoms with Crippen LogP contribution in [0.3, 0.4) is 0 Å². The molecule has 2 fully saturated rings. The largest absolute Gasteiger partial charge is 0.458 e. The number of benzene rings is 2. The molecular weight excluding hydrogens is 413 g/mol. The molecule has 2 amide bonds. The first-order valence-corrected chi connectivity index (χ1v) is 10.4. The van der Waals surface area contributed by atoms with Crippen LogP contribution in [0.2, 0.25) is 0 Å². The minimum atomic E-state index is -1.07. The monoisotopic (exact) mass is 435 g/mol. The number of esters is 1. The molecular formula is C24H22FN3O4. The lowest BCUT2D eigenvalue weighted by molar-refractivity contribution is -0.163. The van der Waals surface area contributed by atoms with Crippen molar-refractivity contribution >= 4 is 29.7 Å². The van der Waals surface area contributed by atoms with Gasteiger partial charge in [-0.15, -0.1) is 0 Å². The number of fused-ring (bicyclic) bond motifs is 5. The third-order valence-electron chi connectivity index (χ3n) is 6.01. The lowest BCUT2D eigenvalue weighted by atomic mass is 9.85. The smallest absolute Gasteiger partial charge is 0.331 e. The van der Waals surface area contributed by atoms with Gasteiger partial charge in [0, 0.05) is 0 Å². The fourth-order valence-electron chi connectivity index (χ4n) is 4.87. The maximum Gasteiger partial charge on any atom is 0.331 e. The molecule has 8 heteroatoms. The summed E-state index contributed by atoms with van der Waals surface area (Å²) in [7, 11) is 0. The number of hydrazone groups is 1. The second-order valence-electron chi connectivity index (χ2n) is 9.22. The van der Waals surface area contributed by atoms with Gasteiger partial charge in [-0.1, -0.05) is 30.3 Å². The minimum absolute atomic E-state index is 0.150. The molecule has 3 aliphatic heterocycles. The van der Waals surface area contributed by atoms with Crippen LogP contribution in [0.4, 0.5) is 10.1 Å². The fraction of sp³-hybridized carbons (Fsp3) is 0.333. The van der Waals surface area contributed by atoms with Crippen molar-refractivity contribution < 1.29 is 23.5 Å². The van der Waals surface area contributed by atoms with Crippen molar-refractivity contribution in [3.63, 3.8) is 0 Å². The lowest BCUT2D eigenvalue weighted by Gasteiger charge is -2.34. The Morgan fingerprint density at radius 2 is 1.75 bits per heavy atom. The zero-order valence-electron chi connectivity index (χ0n) is 17.9. The number of anilines is 1. The topological polar surface area (TPSA) is 79.3 Å². The van der Waals surface area contributed by atoms with E-state index in [1.807, 2.05) is 24.3 Å². The number of imide groups is 1. The van der Waals surface area contributed by atoms with E-state index >= 15 is 0 Å². The number of halogens is 1. The summed E-state index contributed by atoms with van der Waals surface area (Å²) in [5, 5.41) is 5.99. The number of hydrogen-bond donors (Lipinski definition) is 0. The highest BCUT2D eigenvalue weighted by atomic mass is 19.1. The van der Waals surface area contributed by atoms with Crippen LogP contribution in [0.25, 0.3) is 0 Å². The summed E-state index contributed by atoms with van der Waals surface area (Å²) >= 11 is 0. The Bertz CT molecular complexity index is 1170. The Kier molecular flexibility index (Phi) is 4.44. The van der Waals surface area contributed by atoms with E-state index in [4.69, 9.17) is 4.74 Å². The van der Waals surface area contributed by atoms with Gasteiger partial charge in [0.25, 0.3) is 0 Å². The predicted molar refractivity (Wildman–Crippen MR) is 114 cm³/mol. The van der Waals surface area contributed by atoms with Gasteiger partial charge in [0.2, 0.25) is 11.8 Å². The van der Waals surface area contributed by atoms with Crippen LogP contribution in [0.1, 0.15) is 37.9 Å². The molecule has 2 saturated heterocycles. The molecule has 0 radical (unpaired) electrons. The standard InChI is InChI=1S/C24H22FN3O4/c1-24(2,3)32-23(31)20-18-17(19-16-10-5-4-7-13(16)12-26-28(19)20)21(29)27(22(18)30)15-9-6-8-14(25)11-15/h4-12,17-20H,1-3H3/t17-,18+,19+,20-/m1/s1. The molecule has 0 saturated carbocycles. The number of nitrogens with zero attached hydrogens (tertiary/aromatic N) is 3. The fourth-order valence-corrected chi connectivity index (χ4v) is 4.87. The van der Waals surface area contributed by atoms with Crippen LogP contribution >= 0.6 is 0 Å². The predicted octanol–water partition coefficient (Wildman–Crippen LogP) is 3.05. The average molecular weight is 435 g/mol. The van der Waals surface area contributed by atoms with Crippen LogP contribution in [-0.2, 0) is 19.1 Å². The molecule has 5 rings (SSSR count). The van der Waals surface area contributed by atoms with Crippen molar-refractivity contribution in [3.8, 4) is 0 Å². The molecule has 7 nitrogen and oxygen atoms in total. The minimum Gasteiger partial charge on any atom is -0.458 e. The highest BCUT2D eigenvalue weighted by Gasteiger charge is 2.66. The van der Waals surface area contributed by atoms with Crippen molar-refractivity contribution in [2.75, 3.05) is 4.90 Å². The van der Waals surface area contributed by atoms with Gasteiger partial charge in [0.05, 0.1) is 29.8 Å². The van der Waals surface area contributed by atoms with Crippen molar-refractivity contribution in [1.82, 2.24) is 5.01 Å². The SMILES string of the molecule is CC(C)(C)OC(=O)[C@H]1[C@H]2C(=O)N(c3cccc(F)c3)C(=O)[C@H]2[C@@H]2c3ccccc3C=NN12. The Morgan fingerprint density at radius 3 is 2.47 bits per heavy atom. The Balaban J connectivity index is 1.63. The Morgan fingerprint density at radius 1 is 1.03 bits per heavy atom. The van der Waals surface area contributed by atoms with Gasteiger partial charge in [-0.2, -0.15) is 5.10 Å². The summed E-state index contributed by atoms with van der Waals surface area (Å²) in [6.45, 7) is 5.22. The number of carbonyl (C=O) groups excluding carboxylic acids is 3. The summed E-state index contributed by atoms with van der Waals surface area (Å²) in [6, 6.07) is 11.1. The number of amides is 2. The molecule has 3 heterocycles. The van der Waals surface area contributed by atoms with Crippen LogP contribution in [0, 0.1) is 17.7 Å². The molecule has 0 unspecified atom stereocenters. The second-order valence-corrected chi connectivity index (χ2v) is 9.22. The average Bonchev–Trinajstić information content (AvgIpc) is 3.20. The van der Waals surface area contributed by atoms with E-state index in [0.717, 1.165) is 22.1 Å². The van der Waals surface area contributed by atoms with Crippen molar-refractivity contribution in [2.24, 2.45) is 16.9 Å². The zero-order chi connectivity index (χ0) is 22.8. The van der Waals surface area contributed by atoms with Gasteiger partial charge in [-0.25, -0.2) is 14.1 Å². The summed E-state index contributed by atoms with van der Waals surface area (Å²) < 4.78 is 19.5. The Labute approximate surface area is 184 Å². The molecule has 164 valence electrons. The molecule has 32 heavy (non-hydrogen) atoms. The molecule has 4 atom stereocenters. The zero-order valence-corrected chi connectivity index (χ0v) is 17.9. The van der Waals surface area contributed by atoms with E-state index in [0.29, 0.717) is 0 Å². The molecule has 0 N–H and O–H groups in total. The quantitative estimate of drug-likeness (QED) is 0.535. The summed E-state index contributed by atoms with van der Waals surface area (Å²) in [5.74, 6) is -4.04. The van der Waals surface area contributed by atoms with Crippen LogP contribution in [0.15, 0.2) is 53.6 Å². The first kappa shape index (κ1) is 20.4. The Hall–Kier alpha value is -3.55. The summed E-state index contributed by atoms with van der Waals surface area (Å²) in [4.78, 5) is 41.4. The molecule has 3 aliphatic rings. The van der Waals surface area contributed by atoms with Crippen molar-refractivity contribution in [2.45, 2.75) is 38.5 Å². The molecule has 2 aromatic rings. The summed E-state index contributed by atoms with van der Waals surface area (Å²) in [5.41, 5.74) is 1.000. The maximum absolute atomic E-state index is 13.9. The number of ether oxygens (including phenoxy) is 1. The number of carbonyl (C=O) groups is 3. The lowest BCUT2D eigenvalue weighted by Crippen LogP contribution is -2.46. The number of rotatable bonds is 2. The van der Waals surface area contributed by atoms with Gasteiger partial charge < -0.3 is 4.74 Å². The van der Waals surface area contributed by atoms with E-state index < -0.39 is 53.1 Å². The normalized spacial score (nSPS) is 26.1. The van der Waals surface area contributed by atoms with Crippen LogP contribution in [0.5, 0.6) is 0 Å². The van der Waals surface area contributed by atoms with Gasteiger partial charge in [0.15, 0.2) is 6.04 Å². The maximum atomic E-state index is 13.9. The van der Waals surface area contributed by atoms with E-state index in [1.165, 1.54) is 23.2 Å². The van der Waals surface area contributed by atoms with Gasteiger partial charge in [0.1, 0.15) is 11.4 Å². The van der Waals surface area contributed by atoms with E-state index in [9.17, 15) is 18.8 Å².